The van der Waals surface area contributed by atoms with Crippen LogP contribution in [-0.2, 0) is 33.4 Å². The molecule has 2 aromatic carbocycles. The number of ketones is 1. The highest BCUT2D eigenvalue weighted by atomic mass is 19.4. The van der Waals surface area contributed by atoms with E-state index in [0.29, 0.717) is 40.6 Å². The summed E-state index contributed by atoms with van der Waals surface area (Å²) >= 11 is 0. The zero-order valence-electron chi connectivity index (χ0n) is 24.5. The van der Waals surface area contributed by atoms with E-state index in [2.05, 4.69) is 10.3 Å². The summed E-state index contributed by atoms with van der Waals surface area (Å²) in [7, 11) is 0. The first-order valence-corrected chi connectivity index (χ1v) is 14.3. The van der Waals surface area contributed by atoms with Crippen molar-refractivity contribution in [1.29, 1.82) is 0 Å². The van der Waals surface area contributed by atoms with E-state index < -0.39 is 42.4 Å². The number of rotatable bonds is 15. The van der Waals surface area contributed by atoms with Crippen LogP contribution in [0.5, 0.6) is 0 Å². The molecule has 1 aromatic heterocycles. The van der Waals surface area contributed by atoms with Crippen molar-refractivity contribution in [2.45, 2.75) is 50.8 Å². The van der Waals surface area contributed by atoms with Gasteiger partial charge in [0.25, 0.3) is 0 Å². The van der Waals surface area contributed by atoms with Crippen LogP contribution in [0.3, 0.4) is 0 Å². The lowest BCUT2D eigenvalue weighted by Gasteiger charge is -2.23. The number of Topliss-reactive ketones (excluding diaryl/α,β-unsaturated/α-hetero) is 1. The third-order valence-electron chi connectivity index (χ3n) is 7.21. The van der Waals surface area contributed by atoms with Gasteiger partial charge in [-0.25, -0.2) is 0 Å². The van der Waals surface area contributed by atoms with E-state index in [4.69, 9.17) is 17.2 Å². The summed E-state index contributed by atoms with van der Waals surface area (Å²) in [6.07, 6.45) is -3.24. The summed E-state index contributed by atoms with van der Waals surface area (Å²) in [6, 6.07) is 9.14. The molecular weight excluding hydrogens is 576 g/mol. The van der Waals surface area contributed by atoms with Gasteiger partial charge in [-0.1, -0.05) is 31.1 Å². The molecular formula is C30H38BF3N6O4. The maximum absolute atomic E-state index is 13.5. The molecule has 14 heteroatoms. The fourth-order valence-corrected chi connectivity index (χ4v) is 4.71. The third kappa shape index (κ3) is 9.84. The standard InChI is InChI=1S/C30H38BF3N6O4/c1-31(44)23-6-8-25-21(17-23)14-20(18-38-25)16-27(41)26(15-19-2-4-22(5-3-19)30(32,33)34)39-29(43)24(37)7-9-28(42)40(12-10-35)13-11-36/h2-6,8,14,17-18,24,26,44H,7,9-13,15-16,35-37H2,1H3,(H,39,43)/t24-,26+/m0/s1. The Labute approximate surface area is 254 Å². The second-order valence-corrected chi connectivity index (χ2v) is 10.7. The zero-order chi connectivity index (χ0) is 32.4. The van der Waals surface area contributed by atoms with E-state index in [-0.39, 0.29) is 44.7 Å². The minimum absolute atomic E-state index is 0.00227. The number of hydrogen-bond acceptors (Lipinski definition) is 8. The fraction of sp³-hybridized carbons (Fsp3) is 0.400. The number of benzene rings is 2. The minimum atomic E-state index is -4.52. The average Bonchev–Trinajstić information content (AvgIpc) is 2.98. The van der Waals surface area contributed by atoms with Gasteiger partial charge in [0.15, 0.2) is 5.78 Å². The molecule has 236 valence electrons. The van der Waals surface area contributed by atoms with Crippen molar-refractivity contribution >= 4 is 40.9 Å². The number of nitrogens with zero attached hydrogens (tertiary/aromatic N) is 2. The quantitative estimate of drug-likeness (QED) is 0.156. The number of nitrogens with one attached hydrogen (secondary N) is 1. The first-order chi connectivity index (χ1) is 20.8. The number of carbonyl (C=O) groups is 3. The van der Waals surface area contributed by atoms with Crippen LogP contribution in [0.2, 0.25) is 6.82 Å². The van der Waals surface area contributed by atoms with Gasteiger partial charge in [0.1, 0.15) is 0 Å². The lowest BCUT2D eigenvalue weighted by molar-refractivity contribution is -0.137. The predicted octanol–water partition coefficient (Wildman–Crippen LogP) is 0.767. The molecule has 0 aliphatic rings. The number of hydrogen-bond donors (Lipinski definition) is 5. The highest BCUT2D eigenvalue weighted by Crippen LogP contribution is 2.29. The Hall–Kier alpha value is -3.85. The zero-order valence-corrected chi connectivity index (χ0v) is 24.5. The molecule has 10 nitrogen and oxygen atoms in total. The van der Waals surface area contributed by atoms with Gasteiger partial charge < -0.3 is 32.4 Å². The van der Waals surface area contributed by atoms with Gasteiger partial charge in [0.05, 0.1) is 23.2 Å². The Bertz CT molecular complexity index is 1430. The van der Waals surface area contributed by atoms with Gasteiger partial charge in [0.2, 0.25) is 11.8 Å². The summed E-state index contributed by atoms with van der Waals surface area (Å²) in [6.45, 7) is 2.06. The topological polar surface area (TPSA) is 178 Å². The van der Waals surface area contributed by atoms with Crippen molar-refractivity contribution in [2.75, 3.05) is 26.2 Å². The summed E-state index contributed by atoms with van der Waals surface area (Å²) in [4.78, 5) is 45.0. The molecule has 3 aromatic rings. The highest BCUT2D eigenvalue weighted by molar-refractivity contribution is 6.65. The van der Waals surface area contributed by atoms with Gasteiger partial charge >= 0.3 is 13.1 Å². The van der Waals surface area contributed by atoms with Crippen molar-refractivity contribution in [3.05, 3.63) is 71.4 Å². The Morgan fingerprint density at radius 3 is 2.27 bits per heavy atom. The molecule has 0 aliphatic carbocycles. The van der Waals surface area contributed by atoms with Crippen LogP contribution in [0, 0.1) is 0 Å². The van der Waals surface area contributed by atoms with Crippen molar-refractivity contribution in [1.82, 2.24) is 15.2 Å². The van der Waals surface area contributed by atoms with Crippen LogP contribution in [0.25, 0.3) is 10.9 Å². The Kier molecular flexibility index (Phi) is 12.4. The second-order valence-electron chi connectivity index (χ2n) is 10.7. The van der Waals surface area contributed by atoms with Gasteiger partial charge in [-0.05, 0) is 53.7 Å². The molecule has 0 bridgehead atoms. The number of amides is 2. The first kappa shape index (κ1) is 34.6. The number of halogens is 3. The molecule has 2 atom stereocenters. The van der Waals surface area contributed by atoms with Crippen LogP contribution in [0.1, 0.15) is 29.5 Å². The summed E-state index contributed by atoms with van der Waals surface area (Å²) < 4.78 is 39.2. The van der Waals surface area contributed by atoms with Gasteiger partial charge in [-0.15, -0.1) is 0 Å². The minimum Gasteiger partial charge on any atom is -0.447 e. The van der Waals surface area contributed by atoms with E-state index >= 15 is 0 Å². The summed E-state index contributed by atoms with van der Waals surface area (Å²) in [5.74, 6) is -1.35. The molecule has 3 rings (SSSR count). The van der Waals surface area contributed by atoms with Crippen LogP contribution in [-0.4, -0.2) is 77.7 Å². The smallest absolute Gasteiger partial charge is 0.416 e. The van der Waals surface area contributed by atoms with Gasteiger partial charge in [-0.2, -0.15) is 13.2 Å². The molecule has 0 spiro atoms. The normalized spacial score (nSPS) is 12.9. The molecule has 44 heavy (non-hydrogen) atoms. The summed E-state index contributed by atoms with van der Waals surface area (Å²) in [5.41, 5.74) is 18.6. The van der Waals surface area contributed by atoms with Crippen LogP contribution >= 0.6 is 0 Å². The molecule has 8 N–H and O–H groups in total. The molecule has 0 fully saturated rings. The number of carbonyl (C=O) groups excluding carboxylic acids is 3. The van der Waals surface area contributed by atoms with Crippen LogP contribution in [0.4, 0.5) is 13.2 Å². The maximum Gasteiger partial charge on any atom is 0.416 e. The predicted molar refractivity (Wildman–Crippen MR) is 163 cm³/mol. The average molecular weight is 614 g/mol. The van der Waals surface area contributed by atoms with E-state index in [0.717, 1.165) is 12.1 Å². The number of pyridine rings is 1. The number of nitrogens with two attached hydrogens (primary N) is 3. The van der Waals surface area contributed by atoms with E-state index in [1.165, 1.54) is 23.2 Å². The van der Waals surface area contributed by atoms with E-state index in [1.807, 2.05) is 0 Å². The molecule has 0 saturated heterocycles. The Balaban J connectivity index is 1.78. The van der Waals surface area contributed by atoms with Crippen molar-refractivity contribution in [3.63, 3.8) is 0 Å². The highest BCUT2D eigenvalue weighted by Gasteiger charge is 2.30. The Morgan fingerprint density at radius 2 is 1.68 bits per heavy atom. The fourth-order valence-electron chi connectivity index (χ4n) is 4.71. The number of aromatic nitrogens is 1. The number of alkyl halides is 3. The van der Waals surface area contributed by atoms with E-state index in [9.17, 15) is 32.6 Å². The number of fused-ring (bicyclic) bond motifs is 1. The maximum atomic E-state index is 13.5. The monoisotopic (exact) mass is 614 g/mol. The lowest BCUT2D eigenvalue weighted by atomic mass is 9.64. The van der Waals surface area contributed by atoms with Crippen LogP contribution < -0.4 is 28.0 Å². The third-order valence-corrected chi connectivity index (χ3v) is 7.21. The first-order valence-electron chi connectivity index (χ1n) is 14.3. The van der Waals surface area contributed by atoms with E-state index in [1.54, 1.807) is 31.1 Å². The second kappa shape index (κ2) is 15.8. The van der Waals surface area contributed by atoms with Crippen LogP contribution in [0.15, 0.2) is 54.7 Å². The molecule has 0 unspecified atom stereocenters. The Morgan fingerprint density at radius 1 is 1.02 bits per heavy atom. The molecule has 0 aliphatic heterocycles. The SMILES string of the molecule is CB(O)c1ccc2ncc(CC(=O)[C@@H](Cc3ccc(C(F)(F)F)cc3)NC(=O)[C@@H](N)CCC(=O)N(CCN)CCN)cc2c1. The van der Waals surface area contributed by atoms with Crippen molar-refractivity contribution < 1.29 is 32.6 Å². The van der Waals surface area contributed by atoms with Crippen molar-refractivity contribution in [3.8, 4) is 0 Å². The molecule has 0 radical (unpaired) electrons. The van der Waals surface area contributed by atoms with Crippen molar-refractivity contribution in [2.24, 2.45) is 17.2 Å². The largest absolute Gasteiger partial charge is 0.447 e. The van der Waals surface area contributed by atoms with Gasteiger partial charge in [0, 0.05) is 50.6 Å². The van der Waals surface area contributed by atoms with Gasteiger partial charge in [-0.3, -0.25) is 19.4 Å². The molecule has 1 heterocycles. The molecule has 0 saturated carbocycles. The lowest BCUT2D eigenvalue weighted by Crippen LogP contribution is -2.50. The summed E-state index contributed by atoms with van der Waals surface area (Å²) in [5, 5.41) is 13.3. The molecule has 2 amide bonds.